The van der Waals surface area contributed by atoms with Crippen molar-refractivity contribution in [2.45, 2.75) is 34.6 Å². The van der Waals surface area contributed by atoms with Crippen LogP contribution in [0.3, 0.4) is 0 Å². The maximum absolute atomic E-state index is 2.45. The van der Waals surface area contributed by atoms with Gasteiger partial charge in [0.1, 0.15) is 5.69 Å². The van der Waals surface area contributed by atoms with Gasteiger partial charge in [-0.2, -0.15) is 4.57 Å². The van der Waals surface area contributed by atoms with E-state index in [2.05, 4.69) is 128 Å². The number of hydrogen-bond donors (Lipinski definition) is 0. The van der Waals surface area contributed by atoms with Crippen LogP contribution in [0.1, 0.15) is 28.1 Å². The van der Waals surface area contributed by atoms with Crippen LogP contribution in [-0.2, 0) is 7.05 Å². The summed E-state index contributed by atoms with van der Waals surface area (Å²) in [5.74, 6) is 1.21. The molecule has 0 atom stereocenters. The molecule has 5 aromatic rings. The van der Waals surface area contributed by atoms with Crippen molar-refractivity contribution in [3.05, 3.63) is 101 Å². The molecule has 0 spiro atoms. The molecule has 160 valence electrons. The Kier molecular flexibility index (Phi) is 4.78. The third kappa shape index (κ3) is 3.00. The smallest absolute Gasteiger partial charge is 0.295 e. The van der Waals surface area contributed by atoms with Crippen molar-refractivity contribution in [3.63, 3.8) is 0 Å². The summed E-state index contributed by atoms with van der Waals surface area (Å²) in [5.41, 5.74) is 12.5. The summed E-state index contributed by atoms with van der Waals surface area (Å²) >= 11 is 0. The molecule has 0 radical (unpaired) electrons. The molecule has 3 aromatic carbocycles. The average molecular weight is 421 g/mol. The standard InChI is InChI=1S/C29H30N3/c1-19-11-7-8-12-25(19)29-30(6)26-13-9-10-14-27(26)32(29)28-20(2)17-24(18-21(28)3)31-22(4)15-16-23(31)5/h7-18H,1-6H3/q+1. The van der Waals surface area contributed by atoms with Crippen LogP contribution in [0, 0.1) is 34.6 Å². The number of fused-ring (bicyclic) bond motifs is 1. The lowest BCUT2D eigenvalue weighted by Crippen LogP contribution is -2.30. The quantitative estimate of drug-likeness (QED) is 0.298. The van der Waals surface area contributed by atoms with E-state index in [0.717, 1.165) is 0 Å². The molecule has 0 amide bonds. The lowest BCUT2D eigenvalue weighted by atomic mass is 10.0. The Morgan fingerprint density at radius 3 is 1.88 bits per heavy atom. The molecule has 2 aromatic heterocycles. The lowest BCUT2D eigenvalue weighted by molar-refractivity contribution is -0.633. The number of rotatable bonds is 3. The minimum absolute atomic E-state index is 1.21. The van der Waals surface area contributed by atoms with Gasteiger partial charge in [0.2, 0.25) is 0 Å². The van der Waals surface area contributed by atoms with E-state index < -0.39 is 0 Å². The molecule has 0 aliphatic carbocycles. The third-order valence-electron chi connectivity index (χ3n) is 6.63. The Morgan fingerprint density at radius 2 is 1.22 bits per heavy atom. The molecule has 0 fully saturated rings. The van der Waals surface area contributed by atoms with E-state index in [1.54, 1.807) is 0 Å². The van der Waals surface area contributed by atoms with Gasteiger partial charge in [-0.25, -0.2) is 4.57 Å². The van der Waals surface area contributed by atoms with Gasteiger partial charge in [-0.1, -0.05) is 30.3 Å². The molecule has 0 N–H and O–H groups in total. The van der Waals surface area contributed by atoms with Crippen LogP contribution in [0.5, 0.6) is 0 Å². The van der Waals surface area contributed by atoms with E-state index >= 15 is 0 Å². The first kappa shape index (κ1) is 20.3. The molecule has 0 saturated heterocycles. The predicted molar refractivity (Wildman–Crippen MR) is 133 cm³/mol. The molecule has 0 aliphatic rings. The number of para-hydroxylation sites is 2. The Hall–Kier alpha value is -3.59. The predicted octanol–water partition coefficient (Wildman–Crippen LogP) is 6.45. The average Bonchev–Trinajstić information content (AvgIpc) is 3.25. The van der Waals surface area contributed by atoms with Gasteiger partial charge in [0, 0.05) is 17.1 Å². The first-order valence-electron chi connectivity index (χ1n) is 11.2. The first-order valence-corrected chi connectivity index (χ1v) is 11.2. The van der Waals surface area contributed by atoms with Crippen molar-refractivity contribution < 1.29 is 4.57 Å². The largest absolute Gasteiger partial charge is 0.318 e. The van der Waals surface area contributed by atoms with E-state index in [1.807, 2.05) is 0 Å². The molecule has 0 bridgehead atoms. The first-order chi connectivity index (χ1) is 15.4. The van der Waals surface area contributed by atoms with Crippen LogP contribution in [0.4, 0.5) is 0 Å². The van der Waals surface area contributed by atoms with E-state index in [1.165, 1.54) is 61.9 Å². The Bertz CT molecular complexity index is 1440. The Morgan fingerprint density at radius 1 is 0.625 bits per heavy atom. The van der Waals surface area contributed by atoms with E-state index in [9.17, 15) is 0 Å². The lowest BCUT2D eigenvalue weighted by Gasteiger charge is -2.15. The minimum atomic E-state index is 1.21. The van der Waals surface area contributed by atoms with Gasteiger partial charge in [-0.3, -0.25) is 0 Å². The van der Waals surface area contributed by atoms with Crippen LogP contribution >= 0.6 is 0 Å². The monoisotopic (exact) mass is 420 g/mol. The number of aromatic nitrogens is 3. The summed E-state index contributed by atoms with van der Waals surface area (Å²) in [6.45, 7) is 11.0. The van der Waals surface area contributed by atoms with Gasteiger partial charge in [-0.15, -0.1) is 0 Å². The number of imidazole rings is 1. The van der Waals surface area contributed by atoms with Crippen molar-refractivity contribution in [1.29, 1.82) is 0 Å². The fourth-order valence-corrected chi connectivity index (χ4v) is 5.16. The summed E-state index contributed by atoms with van der Waals surface area (Å²) < 4.78 is 7.10. The molecule has 3 nitrogen and oxygen atoms in total. The highest BCUT2D eigenvalue weighted by atomic mass is 15.2. The summed E-state index contributed by atoms with van der Waals surface area (Å²) in [7, 11) is 2.17. The Balaban J connectivity index is 1.85. The van der Waals surface area contributed by atoms with Crippen LogP contribution in [-0.4, -0.2) is 9.13 Å². The molecule has 0 saturated carbocycles. The van der Waals surface area contributed by atoms with Crippen molar-refractivity contribution in [1.82, 2.24) is 9.13 Å². The Labute approximate surface area is 190 Å². The van der Waals surface area contributed by atoms with E-state index in [0.29, 0.717) is 0 Å². The SMILES string of the molecule is Cc1ccccc1-c1n(-c2c(C)cc(-n3c(C)ccc3C)cc2C)c2ccccc2[n+]1C. The van der Waals surface area contributed by atoms with Gasteiger partial charge in [0.25, 0.3) is 5.82 Å². The number of nitrogens with zero attached hydrogens (tertiary/aromatic N) is 3. The molecular formula is C29H30N3+. The van der Waals surface area contributed by atoms with Gasteiger partial charge in [0.15, 0.2) is 11.0 Å². The number of hydrogen-bond acceptors (Lipinski definition) is 0. The molecule has 32 heavy (non-hydrogen) atoms. The summed E-state index contributed by atoms with van der Waals surface area (Å²) in [6, 6.07) is 26.3. The van der Waals surface area contributed by atoms with E-state index in [-0.39, 0.29) is 0 Å². The maximum atomic E-state index is 2.45. The molecule has 2 heterocycles. The zero-order valence-electron chi connectivity index (χ0n) is 19.8. The number of aryl methyl sites for hydroxylation is 6. The second-order valence-electron chi connectivity index (χ2n) is 8.90. The zero-order chi connectivity index (χ0) is 22.6. The summed E-state index contributed by atoms with van der Waals surface area (Å²) in [5, 5.41) is 0. The maximum Gasteiger partial charge on any atom is 0.295 e. The third-order valence-corrected chi connectivity index (χ3v) is 6.63. The summed E-state index contributed by atoms with van der Waals surface area (Å²) in [6.07, 6.45) is 0. The zero-order valence-corrected chi connectivity index (χ0v) is 19.8. The van der Waals surface area contributed by atoms with Crippen LogP contribution in [0.25, 0.3) is 33.8 Å². The number of benzene rings is 3. The van der Waals surface area contributed by atoms with E-state index in [4.69, 9.17) is 0 Å². The second kappa shape index (κ2) is 7.52. The van der Waals surface area contributed by atoms with Crippen LogP contribution in [0.2, 0.25) is 0 Å². The van der Waals surface area contributed by atoms with Gasteiger partial charge in [-0.05, 0) is 93.8 Å². The van der Waals surface area contributed by atoms with Gasteiger partial charge < -0.3 is 4.57 Å². The van der Waals surface area contributed by atoms with Crippen LogP contribution in [0.15, 0.2) is 72.8 Å². The highest BCUT2D eigenvalue weighted by Gasteiger charge is 2.28. The summed E-state index contributed by atoms with van der Waals surface area (Å²) in [4.78, 5) is 0. The molecule has 3 heteroatoms. The van der Waals surface area contributed by atoms with Crippen molar-refractivity contribution in [2.24, 2.45) is 7.05 Å². The fourth-order valence-electron chi connectivity index (χ4n) is 5.16. The normalized spacial score (nSPS) is 11.4. The van der Waals surface area contributed by atoms with Crippen LogP contribution < -0.4 is 4.57 Å². The van der Waals surface area contributed by atoms with Crippen molar-refractivity contribution in [3.8, 4) is 22.8 Å². The van der Waals surface area contributed by atoms with Gasteiger partial charge in [0.05, 0.1) is 12.6 Å². The topological polar surface area (TPSA) is 13.7 Å². The molecule has 5 rings (SSSR count). The second-order valence-corrected chi connectivity index (χ2v) is 8.90. The molecular weight excluding hydrogens is 390 g/mol. The molecule has 0 unspecified atom stereocenters. The van der Waals surface area contributed by atoms with Crippen molar-refractivity contribution in [2.75, 3.05) is 0 Å². The van der Waals surface area contributed by atoms with Crippen molar-refractivity contribution >= 4 is 11.0 Å². The highest BCUT2D eigenvalue weighted by Crippen LogP contribution is 2.33. The molecule has 0 aliphatic heterocycles. The fraction of sp³-hybridized carbons (Fsp3) is 0.207. The van der Waals surface area contributed by atoms with Gasteiger partial charge >= 0.3 is 0 Å². The highest BCUT2D eigenvalue weighted by molar-refractivity contribution is 5.80. The minimum Gasteiger partial charge on any atom is -0.318 e.